The zero-order chi connectivity index (χ0) is 19.2. The molecule has 8 nitrogen and oxygen atoms in total. The standard InChI is InChI=1S/C19H23N3O5/c1-26-14-10-8-13(9-11-14)18-20-16(27-21-18)6-4-7-17(23)22-12-3-2-5-15(22)19(24)25/h8-11,15H,2-7,12H2,1H3,(H,24,25). The predicted octanol–water partition coefficient (Wildman–Crippen LogP) is 2.53. The van der Waals surface area contributed by atoms with Crippen molar-refractivity contribution in [2.45, 2.75) is 44.6 Å². The van der Waals surface area contributed by atoms with E-state index in [9.17, 15) is 14.7 Å². The van der Waals surface area contributed by atoms with Crippen LogP contribution in [-0.2, 0) is 16.0 Å². The van der Waals surface area contributed by atoms with Gasteiger partial charge in [0, 0.05) is 24.9 Å². The van der Waals surface area contributed by atoms with Crippen molar-refractivity contribution in [2.75, 3.05) is 13.7 Å². The van der Waals surface area contributed by atoms with Crippen LogP contribution in [-0.4, -0.2) is 51.7 Å². The molecule has 0 bridgehead atoms. The van der Waals surface area contributed by atoms with Gasteiger partial charge in [0.25, 0.3) is 0 Å². The molecule has 1 N–H and O–H groups in total. The molecule has 1 fully saturated rings. The Morgan fingerprint density at radius 3 is 2.78 bits per heavy atom. The number of carboxylic acids is 1. The number of aromatic nitrogens is 2. The molecular weight excluding hydrogens is 350 g/mol. The summed E-state index contributed by atoms with van der Waals surface area (Å²) in [6, 6.07) is 6.64. The number of nitrogens with zero attached hydrogens (tertiary/aromatic N) is 3. The zero-order valence-electron chi connectivity index (χ0n) is 15.3. The zero-order valence-corrected chi connectivity index (χ0v) is 15.3. The van der Waals surface area contributed by atoms with Crippen molar-refractivity contribution in [2.24, 2.45) is 0 Å². The molecule has 0 spiro atoms. The molecule has 2 heterocycles. The summed E-state index contributed by atoms with van der Waals surface area (Å²) in [5.74, 6) is 0.641. The van der Waals surface area contributed by atoms with Gasteiger partial charge >= 0.3 is 5.97 Å². The summed E-state index contributed by atoms with van der Waals surface area (Å²) < 4.78 is 10.4. The third-order valence-electron chi connectivity index (χ3n) is 4.71. The summed E-state index contributed by atoms with van der Waals surface area (Å²) in [7, 11) is 1.60. The van der Waals surface area contributed by atoms with Gasteiger partial charge in [-0.05, 0) is 49.9 Å². The minimum atomic E-state index is -0.927. The van der Waals surface area contributed by atoms with Crippen molar-refractivity contribution in [1.29, 1.82) is 0 Å². The lowest BCUT2D eigenvalue weighted by Crippen LogP contribution is -2.47. The lowest BCUT2D eigenvalue weighted by Gasteiger charge is -2.33. The van der Waals surface area contributed by atoms with E-state index in [0.717, 1.165) is 24.2 Å². The maximum Gasteiger partial charge on any atom is 0.326 e. The number of benzene rings is 1. The van der Waals surface area contributed by atoms with E-state index in [-0.39, 0.29) is 12.3 Å². The van der Waals surface area contributed by atoms with Gasteiger partial charge in [0.2, 0.25) is 17.6 Å². The van der Waals surface area contributed by atoms with Crippen molar-refractivity contribution in [3.8, 4) is 17.1 Å². The Kier molecular flexibility index (Phi) is 6.05. The number of amides is 1. The van der Waals surface area contributed by atoms with E-state index >= 15 is 0 Å². The van der Waals surface area contributed by atoms with Crippen LogP contribution in [0.1, 0.15) is 38.0 Å². The molecule has 1 unspecified atom stereocenters. The van der Waals surface area contributed by atoms with E-state index in [4.69, 9.17) is 9.26 Å². The minimum Gasteiger partial charge on any atom is -0.497 e. The number of carbonyl (C=O) groups excluding carboxylic acids is 1. The van der Waals surface area contributed by atoms with Crippen LogP contribution in [0.15, 0.2) is 28.8 Å². The maximum absolute atomic E-state index is 12.4. The van der Waals surface area contributed by atoms with Crippen LogP contribution in [0.4, 0.5) is 0 Å². The molecular formula is C19H23N3O5. The molecule has 2 aromatic rings. The highest BCUT2D eigenvalue weighted by Gasteiger charge is 2.31. The largest absolute Gasteiger partial charge is 0.497 e. The smallest absolute Gasteiger partial charge is 0.326 e. The highest BCUT2D eigenvalue weighted by atomic mass is 16.5. The molecule has 3 rings (SSSR count). The van der Waals surface area contributed by atoms with Crippen LogP contribution in [0, 0.1) is 0 Å². The number of piperidine rings is 1. The fourth-order valence-electron chi connectivity index (χ4n) is 3.24. The highest BCUT2D eigenvalue weighted by molar-refractivity contribution is 5.83. The first-order valence-corrected chi connectivity index (χ1v) is 9.08. The second kappa shape index (κ2) is 8.66. The fraction of sp³-hybridized carbons (Fsp3) is 0.474. The lowest BCUT2D eigenvalue weighted by molar-refractivity contribution is -0.152. The molecule has 1 saturated heterocycles. The van der Waals surface area contributed by atoms with Crippen LogP contribution < -0.4 is 4.74 Å². The number of rotatable bonds is 7. The first-order valence-electron chi connectivity index (χ1n) is 9.08. The quantitative estimate of drug-likeness (QED) is 0.795. The fourth-order valence-corrected chi connectivity index (χ4v) is 3.24. The first kappa shape index (κ1) is 18.9. The SMILES string of the molecule is COc1ccc(-c2noc(CCCC(=O)N3CCCCC3C(=O)O)n2)cc1. The molecule has 1 aliphatic rings. The van der Waals surface area contributed by atoms with Gasteiger partial charge < -0.3 is 19.3 Å². The number of carbonyl (C=O) groups is 2. The number of methoxy groups -OCH3 is 1. The Morgan fingerprint density at radius 2 is 2.07 bits per heavy atom. The average Bonchev–Trinajstić information content (AvgIpc) is 3.17. The Labute approximate surface area is 157 Å². The van der Waals surface area contributed by atoms with Crippen LogP contribution in [0.3, 0.4) is 0 Å². The molecule has 1 aromatic carbocycles. The van der Waals surface area contributed by atoms with Gasteiger partial charge in [0.1, 0.15) is 11.8 Å². The van der Waals surface area contributed by atoms with Crippen molar-refractivity contribution in [3.63, 3.8) is 0 Å². The molecule has 1 aliphatic heterocycles. The summed E-state index contributed by atoms with van der Waals surface area (Å²) in [5.41, 5.74) is 0.819. The number of aliphatic carboxylic acids is 1. The highest BCUT2D eigenvalue weighted by Crippen LogP contribution is 2.21. The number of aryl methyl sites for hydroxylation is 1. The number of ether oxygens (including phenoxy) is 1. The van der Waals surface area contributed by atoms with Gasteiger partial charge in [-0.15, -0.1) is 0 Å². The van der Waals surface area contributed by atoms with E-state index in [1.807, 2.05) is 24.3 Å². The van der Waals surface area contributed by atoms with Crippen molar-refractivity contribution < 1.29 is 24.0 Å². The number of hydrogen-bond acceptors (Lipinski definition) is 6. The molecule has 144 valence electrons. The molecule has 1 atom stereocenters. The number of likely N-dealkylation sites (tertiary alicyclic amines) is 1. The summed E-state index contributed by atoms with van der Waals surface area (Å²) >= 11 is 0. The Morgan fingerprint density at radius 1 is 1.30 bits per heavy atom. The summed E-state index contributed by atoms with van der Waals surface area (Å²) in [4.78, 5) is 29.5. The molecule has 0 radical (unpaired) electrons. The predicted molar refractivity (Wildman–Crippen MR) is 96.2 cm³/mol. The number of hydrogen-bond donors (Lipinski definition) is 1. The van der Waals surface area contributed by atoms with Gasteiger partial charge in [-0.2, -0.15) is 4.98 Å². The second-order valence-corrected chi connectivity index (χ2v) is 6.53. The van der Waals surface area contributed by atoms with E-state index in [0.29, 0.717) is 37.5 Å². The Hall–Kier alpha value is -2.90. The summed E-state index contributed by atoms with van der Waals surface area (Å²) in [5, 5.41) is 13.2. The third-order valence-corrected chi connectivity index (χ3v) is 4.71. The summed E-state index contributed by atoms with van der Waals surface area (Å²) in [6.45, 7) is 0.512. The van der Waals surface area contributed by atoms with Crippen LogP contribution in [0.2, 0.25) is 0 Å². The van der Waals surface area contributed by atoms with E-state index in [1.54, 1.807) is 7.11 Å². The van der Waals surface area contributed by atoms with Crippen LogP contribution in [0.25, 0.3) is 11.4 Å². The van der Waals surface area contributed by atoms with E-state index in [2.05, 4.69) is 10.1 Å². The van der Waals surface area contributed by atoms with Gasteiger partial charge in [-0.25, -0.2) is 4.79 Å². The molecule has 27 heavy (non-hydrogen) atoms. The topological polar surface area (TPSA) is 106 Å². The third kappa shape index (κ3) is 4.64. The van der Waals surface area contributed by atoms with Gasteiger partial charge in [0.05, 0.1) is 7.11 Å². The molecule has 1 aromatic heterocycles. The van der Waals surface area contributed by atoms with E-state index < -0.39 is 12.0 Å². The Bertz CT molecular complexity index is 787. The van der Waals surface area contributed by atoms with Crippen molar-refractivity contribution >= 4 is 11.9 Å². The monoisotopic (exact) mass is 373 g/mol. The normalized spacial score (nSPS) is 16.9. The Balaban J connectivity index is 1.52. The lowest BCUT2D eigenvalue weighted by atomic mass is 10.0. The van der Waals surface area contributed by atoms with Gasteiger partial charge in [-0.1, -0.05) is 5.16 Å². The van der Waals surface area contributed by atoms with Crippen LogP contribution >= 0.6 is 0 Å². The molecule has 0 aliphatic carbocycles. The van der Waals surface area contributed by atoms with Crippen molar-refractivity contribution in [3.05, 3.63) is 30.2 Å². The molecule has 8 heteroatoms. The van der Waals surface area contributed by atoms with Crippen LogP contribution in [0.5, 0.6) is 5.75 Å². The van der Waals surface area contributed by atoms with Gasteiger partial charge in [0.15, 0.2) is 0 Å². The molecule has 1 amide bonds. The van der Waals surface area contributed by atoms with Gasteiger partial charge in [-0.3, -0.25) is 4.79 Å². The minimum absolute atomic E-state index is 0.128. The number of carboxylic acid groups (broad SMARTS) is 1. The van der Waals surface area contributed by atoms with E-state index in [1.165, 1.54) is 4.90 Å². The summed E-state index contributed by atoms with van der Waals surface area (Å²) in [6.07, 6.45) is 3.49. The maximum atomic E-state index is 12.4. The molecule has 0 saturated carbocycles. The van der Waals surface area contributed by atoms with Crippen molar-refractivity contribution in [1.82, 2.24) is 15.0 Å². The second-order valence-electron chi connectivity index (χ2n) is 6.53. The first-order chi connectivity index (χ1) is 13.1. The average molecular weight is 373 g/mol.